The zero-order valence-corrected chi connectivity index (χ0v) is 10.8. The number of nitrogens with two attached hydrogens (primary N) is 1. The van der Waals surface area contributed by atoms with Gasteiger partial charge in [0, 0.05) is 23.3 Å². The van der Waals surface area contributed by atoms with Crippen molar-refractivity contribution in [3.8, 4) is 5.69 Å². The largest absolute Gasteiger partial charge is 0.330 e. The summed E-state index contributed by atoms with van der Waals surface area (Å²) < 4.78 is 2.04. The predicted octanol–water partition coefficient (Wildman–Crippen LogP) is 2.64. The normalized spacial score (nSPS) is 10.8. The van der Waals surface area contributed by atoms with Crippen LogP contribution in [0.3, 0.4) is 0 Å². The molecule has 1 aromatic carbocycles. The Labute approximate surface area is 106 Å². The highest BCUT2D eigenvalue weighted by molar-refractivity contribution is 6.31. The fourth-order valence-corrected chi connectivity index (χ4v) is 1.97. The Hall–Kier alpha value is -1.32. The molecule has 0 saturated carbocycles. The van der Waals surface area contributed by atoms with Gasteiger partial charge in [0.2, 0.25) is 0 Å². The Morgan fingerprint density at radius 1 is 1.35 bits per heavy atom. The quantitative estimate of drug-likeness (QED) is 0.909. The summed E-state index contributed by atoms with van der Waals surface area (Å²) >= 11 is 6.13. The standard InChI is InChI=1S/C13H16ClN3/c1-9-3-4-12(7-13(9)14)17-8-11(5-6-15)16-10(17)2/h3-4,7-8H,5-6,15H2,1-2H3. The van der Waals surface area contributed by atoms with Crippen molar-refractivity contribution >= 4 is 11.6 Å². The van der Waals surface area contributed by atoms with Crippen LogP contribution in [0.5, 0.6) is 0 Å². The smallest absolute Gasteiger partial charge is 0.110 e. The molecule has 2 rings (SSSR count). The second-order valence-electron chi connectivity index (χ2n) is 4.12. The molecule has 0 spiro atoms. The Morgan fingerprint density at radius 2 is 2.12 bits per heavy atom. The minimum atomic E-state index is 0.616. The molecule has 1 heterocycles. The van der Waals surface area contributed by atoms with E-state index in [1.165, 1.54) is 0 Å². The van der Waals surface area contributed by atoms with Crippen LogP contribution in [0, 0.1) is 13.8 Å². The molecule has 0 aliphatic rings. The summed E-state index contributed by atoms with van der Waals surface area (Å²) in [6.45, 7) is 4.59. The van der Waals surface area contributed by atoms with Crippen molar-refractivity contribution in [1.82, 2.24) is 9.55 Å². The third-order valence-corrected chi connectivity index (χ3v) is 3.17. The second kappa shape index (κ2) is 4.90. The molecule has 0 amide bonds. The summed E-state index contributed by atoms with van der Waals surface area (Å²) in [5.41, 5.74) is 8.66. The van der Waals surface area contributed by atoms with Gasteiger partial charge in [-0.15, -0.1) is 0 Å². The molecule has 90 valence electrons. The van der Waals surface area contributed by atoms with Gasteiger partial charge in [0.25, 0.3) is 0 Å². The number of halogens is 1. The molecule has 3 nitrogen and oxygen atoms in total. The van der Waals surface area contributed by atoms with E-state index in [9.17, 15) is 0 Å². The van der Waals surface area contributed by atoms with Crippen molar-refractivity contribution in [3.05, 3.63) is 46.5 Å². The molecule has 0 atom stereocenters. The van der Waals surface area contributed by atoms with Gasteiger partial charge in [-0.05, 0) is 38.1 Å². The van der Waals surface area contributed by atoms with Crippen LogP contribution in [0.2, 0.25) is 5.02 Å². The summed E-state index contributed by atoms with van der Waals surface area (Å²) in [5, 5.41) is 0.774. The van der Waals surface area contributed by atoms with Gasteiger partial charge in [0.05, 0.1) is 5.69 Å². The minimum absolute atomic E-state index is 0.616. The first-order valence-corrected chi connectivity index (χ1v) is 6.01. The minimum Gasteiger partial charge on any atom is -0.330 e. The number of imidazole rings is 1. The van der Waals surface area contributed by atoms with Gasteiger partial charge >= 0.3 is 0 Å². The topological polar surface area (TPSA) is 43.8 Å². The molecule has 4 heteroatoms. The maximum absolute atomic E-state index is 6.13. The fourth-order valence-electron chi connectivity index (χ4n) is 1.79. The van der Waals surface area contributed by atoms with Crippen molar-refractivity contribution < 1.29 is 0 Å². The highest BCUT2D eigenvalue weighted by atomic mass is 35.5. The number of aromatic nitrogens is 2. The average molecular weight is 250 g/mol. The van der Waals surface area contributed by atoms with Gasteiger partial charge in [-0.3, -0.25) is 0 Å². The van der Waals surface area contributed by atoms with E-state index in [1.54, 1.807) is 0 Å². The molecule has 2 aromatic rings. The lowest BCUT2D eigenvalue weighted by Crippen LogP contribution is -2.02. The number of hydrogen-bond donors (Lipinski definition) is 1. The highest BCUT2D eigenvalue weighted by Crippen LogP contribution is 2.20. The van der Waals surface area contributed by atoms with E-state index in [-0.39, 0.29) is 0 Å². The molecule has 0 fully saturated rings. The van der Waals surface area contributed by atoms with E-state index >= 15 is 0 Å². The third kappa shape index (κ3) is 2.51. The number of hydrogen-bond acceptors (Lipinski definition) is 2. The number of benzene rings is 1. The number of nitrogens with zero attached hydrogens (tertiary/aromatic N) is 2. The van der Waals surface area contributed by atoms with Gasteiger partial charge in [0.1, 0.15) is 5.82 Å². The van der Waals surface area contributed by atoms with Crippen LogP contribution in [0.4, 0.5) is 0 Å². The highest BCUT2D eigenvalue weighted by Gasteiger charge is 2.06. The first kappa shape index (κ1) is 12.1. The monoisotopic (exact) mass is 249 g/mol. The second-order valence-corrected chi connectivity index (χ2v) is 4.53. The van der Waals surface area contributed by atoms with Crippen molar-refractivity contribution in [1.29, 1.82) is 0 Å². The summed E-state index contributed by atoms with van der Waals surface area (Å²) in [7, 11) is 0. The number of aryl methyl sites for hydroxylation is 2. The van der Waals surface area contributed by atoms with Gasteiger partial charge < -0.3 is 10.3 Å². The van der Waals surface area contributed by atoms with E-state index in [1.807, 2.05) is 42.8 Å². The van der Waals surface area contributed by atoms with Gasteiger partial charge in [-0.25, -0.2) is 4.98 Å². The summed E-state index contributed by atoms with van der Waals surface area (Å²) in [6.07, 6.45) is 2.82. The number of rotatable bonds is 3. The van der Waals surface area contributed by atoms with Crippen LogP contribution in [-0.4, -0.2) is 16.1 Å². The van der Waals surface area contributed by atoms with E-state index in [0.29, 0.717) is 6.54 Å². The molecule has 0 aliphatic heterocycles. The maximum Gasteiger partial charge on any atom is 0.110 e. The van der Waals surface area contributed by atoms with Crippen molar-refractivity contribution in [2.75, 3.05) is 6.54 Å². The summed E-state index contributed by atoms with van der Waals surface area (Å²) in [4.78, 5) is 4.47. The van der Waals surface area contributed by atoms with Crippen molar-refractivity contribution in [3.63, 3.8) is 0 Å². The Morgan fingerprint density at radius 3 is 2.76 bits per heavy atom. The van der Waals surface area contributed by atoms with Crippen LogP contribution in [-0.2, 0) is 6.42 Å². The Kier molecular flexibility index (Phi) is 3.50. The molecule has 0 unspecified atom stereocenters. The first-order chi connectivity index (χ1) is 8.11. The molecule has 2 N–H and O–H groups in total. The van der Waals surface area contributed by atoms with Crippen LogP contribution < -0.4 is 5.73 Å². The van der Waals surface area contributed by atoms with Gasteiger partial charge in [0.15, 0.2) is 0 Å². The Balaban J connectivity index is 2.41. The molecular formula is C13H16ClN3. The Bertz CT molecular complexity index is 531. The SMILES string of the molecule is Cc1ccc(-n2cc(CCN)nc2C)cc1Cl. The van der Waals surface area contributed by atoms with E-state index in [2.05, 4.69) is 4.98 Å². The average Bonchev–Trinajstić information content (AvgIpc) is 2.64. The van der Waals surface area contributed by atoms with E-state index in [0.717, 1.165) is 34.2 Å². The van der Waals surface area contributed by atoms with E-state index < -0.39 is 0 Å². The molecule has 0 aliphatic carbocycles. The molecule has 0 saturated heterocycles. The summed E-state index contributed by atoms with van der Waals surface area (Å²) in [5.74, 6) is 0.952. The zero-order chi connectivity index (χ0) is 12.4. The molecular weight excluding hydrogens is 234 g/mol. The van der Waals surface area contributed by atoms with Gasteiger partial charge in [-0.2, -0.15) is 0 Å². The summed E-state index contributed by atoms with van der Waals surface area (Å²) in [6, 6.07) is 6.01. The van der Waals surface area contributed by atoms with Crippen LogP contribution >= 0.6 is 11.6 Å². The van der Waals surface area contributed by atoms with Crippen LogP contribution in [0.1, 0.15) is 17.1 Å². The van der Waals surface area contributed by atoms with Crippen molar-refractivity contribution in [2.24, 2.45) is 5.73 Å². The lowest BCUT2D eigenvalue weighted by molar-refractivity contribution is 0.928. The van der Waals surface area contributed by atoms with Gasteiger partial charge in [-0.1, -0.05) is 17.7 Å². The molecule has 0 radical (unpaired) electrons. The first-order valence-electron chi connectivity index (χ1n) is 5.63. The van der Waals surface area contributed by atoms with Crippen LogP contribution in [0.25, 0.3) is 5.69 Å². The lowest BCUT2D eigenvalue weighted by Gasteiger charge is -2.06. The molecule has 1 aromatic heterocycles. The van der Waals surface area contributed by atoms with Crippen molar-refractivity contribution in [2.45, 2.75) is 20.3 Å². The fraction of sp³-hybridized carbons (Fsp3) is 0.308. The van der Waals surface area contributed by atoms with Crippen LogP contribution in [0.15, 0.2) is 24.4 Å². The lowest BCUT2D eigenvalue weighted by atomic mass is 10.2. The maximum atomic E-state index is 6.13. The predicted molar refractivity (Wildman–Crippen MR) is 70.8 cm³/mol. The molecule has 0 bridgehead atoms. The zero-order valence-electron chi connectivity index (χ0n) is 10.1. The molecule has 17 heavy (non-hydrogen) atoms. The third-order valence-electron chi connectivity index (χ3n) is 2.77. The van der Waals surface area contributed by atoms with E-state index in [4.69, 9.17) is 17.3 Å².